The summed E-state index contributed by atoms with van der Waals surface area (Å²) in [7, 11) is 3.63. The topological polar surface area (TPSA) is 81.1 Å². The number of hydrogen-bond acceptors (Lipinski definition) is 3. The summed E-state index contributed by atoms with van der Waals surface area (Å²) in [4.78, 5) is 24.3. The first-order valence-corrected chi connectivity index (χ1v) is 4.32. The monoisotopic (exact) mass is 202 g/mol. The van der Waals surface area contributed by atoms with Gasteiger partial charge in [0.25, 0.3) is 0 Å². The molecule has 2 N–H and O–H groups in total. The summed E-state index contributed by atoms with van der Waals surface area (Å²) in [5, 5.41) is 17.6. The number of rotatable bonds is 2. The Bertz CT molecular complexity index is 232. The van der Waals surface area contributed by atoms with Crippen molar-refractivity contribution in [3.63, 3.8) is 0 Å². The fraction of sp³-hybridized carbons (Fsp3) is 0.750. The van der Waals surface area contributed by atoms with E-state index in [0.29, 0.717) is 6.42 Å². The first-order chi connectivity index (χ1) is 6.43. The van der Waals surface area contributed by atoms with Crippen molar-refractivity contribution in [2.75, 3.05) is 20.6 Å². The minimum Gasteiger partial charge on any atom is -0.480 e. The highest BCUT2D eigenvalue weighted by atomic mass is 16.4. The van der Waals surface area contributed by atoms with Crippen molar-refractivity contribution in [2.24, 2.45) is 0 Å². The van der Waals surface area contributed by atoms with E-state index in [1.165, 1.54) is 0 Å². The van der Waals surface area contributed by atoms with E-state index in [1.54, 1.807) is 0 Å². The molecule has 1 amide bonds. The highest BCUT2D eigenvalue weighted by Gasteiger charge is 2.40. The zero-order chi connectivity index (χ0) is 10.9. The number of aliphatic carboxylic acids is 1. The maximum absolute atomic E-state index is 10.8. The third-order valence-corrected chi connectivity index (χ3v) is 2.54. The summed E-state index contributed by atoms with van der Waals surface area (Å²) < 4.78 is 0. The second kappa shape index (κ2) is 3.83. The molecule has 0 unspecified atom stereocenters. The average molecular weight is 202 g/mol. The number of carboxylic acids is 1. The minimum absolute atomic E-state index is 0.00722. The van der Waals surface area contributed by atoms with Crippen LogP contribution < -0.4 is 0 Å². The number of amides is 1. The molecule has 0 aromatic rings. The SMILES string of the molecule is CN(C)[C@@H]1C[C@@H](C(=O)O)N(C(=O)O)C1. The Labute approximate surface area is 81.7 Å². The lowest BCUT2D eigenvalue weighted by molar-refractivity contribution is -0.141. The molecule has 1 rings (SSSR count). The van der Waals surface area contributed by atoms with Gasteiger partial charge in [-0.25, -0.2) is 9.59 Å². The van der Waals surface area contributed by atoms with E-state index in [9.17, 15) is 9.59 Å². The molecule has 0 bridgehead atoms. The van der Waals surface area contributed by atoms with Crippen LogP contribution in [0.5, 0.6) is 0 Å². The number of likely N-dealkylation sites (N-methyl/N-ethyl adjacent to an activating group) is 1. The largest absolute Gasteiger partial charge is 0.480 e. The van der Waals surface area contributed by atoms with E-state index in [-0.39, 0.29) is 12.6 Å². The Kier molecular flexibility index (Phi) is 2.95. The van der Waals surface area contributed by atoms with E-state index in [4.69, 9.17) is 10.2 Å². The van der Waals surface area contributed by atoms with Crippen molar-refractivity contribution < 1.29 is 19.8 Å². The Morgan fingerprint density at radius 2 is 1.93 bits per heavy atom. The van der Waals surface area contributed by atoms with Crippen LogP contribution in [0.1, 0.15) is 6.42 Å². The fourth-order valence-corrected chi connectivity index (χ4v) is 1.63. The molecule has 1 aliphatic rings. The molecule has 0 aromatic heterocycles. The van der Waals surface area contributed by atoms with Crippen molar-refractivity contribution in [1.82, 2.24) is 9.80 Å². The van der Waals surface area contributed by atoms with E-state index >= 15 is 0 Å². The van der Waals surface area contributed by atoms with Crippen LogP contribution in [0, 0.1) is 0 Å². The van der Waals surface area contributed by atoms with Crippen LogP contribution in [0.4, 0.5) is 4.79 Å². The van der Waals surface area contributed by atoms with Gasteiger partial charge in [0.2, 0.25) is 0 Å². The molecule has 1 heterocycles. The Hall–Kier alpha value is -1.30. The lowest BCUT2D eigenvalue weighted by atomic mass is 10.1. The number of carboxylic acid groups (broad SMARTS) is 2. The standard InChI is InChI=1S/C8H14N2O4/c1-9(2)5-3-6(7(11)12)10(4-5)8(13)14/h5-6H,3-4H2,1-2H3,(H,11,12)(H,13,14)/t5-,6+/m1/s1. The highest BCUT2D eigenvalue weighted by Crippen LogP contribution is 2.20. The van der Waals surface area contributed by atoms with Gasteiger partial charge in [-0.2, -0.15) is 0 Å². The van der Waals surface area contributed by atoms with E-state index in [1.807, 2.05) is 19.0 Å². The summed E-state index contributed by atoms with van der Waals surface area (Å²) in [6, 6.07) is -0.910. The van der Waals surface area contributed by atoms with Gasteiger partial charge in [-0.15, -0.1) is 0 Å². The average Bonchev–Trinajstić information content (AvgIpc) is 2.47. The maximum atomic E-state index is 10.8. The molecule has 6 nitrogen and oxygen atoms in total. The summed E-state index contributed by atoms with van der Waals surface area (Å²) >= 11 is 0. The van der Waals surface area contributed by atoms with Crippen LogP contribution in [-0.2, 0) is 4.79 Å². The summed E-state index contributed by atoms with van der Waals surface area (Å²) in [6.45, 7) is 0.263. The zero-order valence-electron chi connectivity index (χ0n) is 8.17. The van der Waals surface area contributed by atoms with Crippen LogP contribution in [0.3, 0.4) is 0 Å². The van der Waals surface area contributed by atoms with Crippen LogP contribution in [0.25, 0.3) is 0 Å². The predicted molar refractivity (Wildman–Crippen MR) is 48.2 cm³/mol. The van der Waals surface area contributed by atoms with Gasteiger partial charge in [0.15, 0.2) is 0 Å². The normalized spacial score (nSPS) is 26.9. The molecule has 2 atom stereocenters. The van der Waals surface area contributed by atoms with Crippen LogP contribution in [-0.4, -0.2) is 64.8 Å². The molecule has 1 saturated heterocycles. The summed E-state index contributed by atoms with van der Waals surface area (Å²) in [5.74, 6) is -1.07. The predicted octanol–water partition coefficient (Wildman–Crippen LogP) is -0.246. The number of carbonyl (C=O) groups is 2. The van der Waals surface area contributed by atoms with E-state index in [0.717, 1.165) is 4.90 Å². The van der Waals surface area contributed by atoms with E-state index in [2.05, 4.69) is 0 Å². The third-order valence-electron chi connectivity index (χ3n) is 2.54. The molecule has 0 spiro atoms. The van der Waals surface area contributed by atoms with E-state index < -0.39 is 18.1 Å². The number of hydrogen-bond donors (Lipinski definition) is 2. The number of likely N-dealkylation sites (tertiary alicyclic amines) is 1. The molecule has 80 valence electrons. The second-order valence-electron chi connectivity index (χ2n) is 3.64. The molecule has 0 saturated carbocycles. The van der Waals surface area contributed by atoms with Crippen molar-refractivity contribution in [3.8, 4) is 0 Å². The van der Waals surface area contributed by atoms with Crippen LogP contribution in [0.2, 0.25) is 0 Å². The quantitative estimate of drug-likeness (QED) is 0.645. The van der Waals surface area contributed by atoms with Crippen molar-refractivity contribution >= 4 is 12.1 Å². The van der Waals surface area contributed by atoms with Gasteiger partial charge in [0.1, 0.15) is 6.04 Å². The first-order valence-electron chi connectivity index (χ1n) is 4.32. The molecule has 0 radical (unpaired) electrons. The second-order valence-corrected chi connectivity index (χ2v) is 3.64. The summed E-state index contributed by atoms with van der Waals surface area (Å²) in [6.07, 6.45) is -0.809. The minimum atomic E-state index is -1.17. The molecule has 0 aromatic carbocycles. The Morgan fingerprint density at radius 3 is 2.21 bits per heavy atom. The molecular weight excluding hydrogens is 188 g/mol. The molecule has 0 aliphatic carbocycles. The van der Waals surface area contributed by atoms with Gasteiger partial charge in [-0.05, 0) is 20.5 Å². The fourth-order valence-electron chi connectivity index (χ4n) is 1.63. The van der Waals surface area contributed by atoms with Gasteiger partial charge in [0.05, 0.1) is 0 Å². The van der Waals surface area contributed by atoms with Gasteiger partial charge < -0.3 is 15.1 Å². The Morgan fingerprint density at radius 1 is 1.36 bits per heavy atom. The highest BCUT2D eigenvalue weighted by molar-refractivity contribution is 5.80. The smallest absolute Gasteiger partial charge is 0.408 e. The molecular formula is C8H14N2O4. The van der Waals surface area contributed by atoms with Crippen molar-refractivity contribution in [3.05, 3.63) is 0 Å². The van der Waals surface area contributed by atoms with Crippen LogP contribution in [0.15, 0.2) is 0 Å². The van der Waals surface area contributed by atoms with Gasteiger partial charge in [-0.1, -0.05) is 0 Å². The van der Waals surface area contributed by atoms with Gasteiger partial charge in [0, 0.05) is 12.6 Å². The Balaban J connectivity index is 2.75. The third kappa shape index (κ3) is 1.95. The van der Waals surface area contributed by atoms with Gasteiger partial charge >= 0.3 is 12.1 Å². The molecule has 6 heteroatoms. The molecule has 14 heavy (non-hydrogen) atoms. The lowest BCUT2D eigenvalue weighted by Crippen LogP contribution is -2.40. The summed E-state index contributed by atoms with van der Waals surface area (Å²) in [5.41, 5.74) is 0. The first kappa shape index (κ1) is 10.8. The molecule has 1 aliphatic heterocycles. The maximum Gasteiger partial charge on any atom is 0.408 e. The zero-order valence-corrected chi connectivity index (χ0v) is 8.17. The lowest BCUT2D eigenvalue weighted by Gasteiger charge is -2.18. The number of nitrogens with zero attached hydrogens (tertiary/aromatic N) is 2. The van der Waals surface area contributed by atoms with Crippen LogP contribution >= 0.6 is 0 Å². The van der Waals surface area contributed by atoms with Crippen molar-refractivity contribution in [2.45, 2.75) is 18.5 Å². The van der Waals surface area contributed by atoms with Gasteiger partial charge in [-0.3, -0.25) is 4.90 Å². The van der Waals surface area contributed by atoms with Crippen molar-refractivity contribution in [1.29, 1.82) is 0 Å². The molecule has 1 fully saturated rings.